The lowest BCUT2D eigenvalue weighted by Gasteiger charge is -2.33. The van der Waals surface area contributed by atoms with Crippen LogP contribution in [0.3, 0.4) is 0 Å². The Hall–Kier alpha value is -3.17. The Balaban J connectivity index is 1.45. The first-order valence-corrected chi connectivity index (χ1v) is 11.2. The highest BCUT2D eigenvalue weighted by molar-refractivity contribution is 7.89. The molecule has 0 aliphatic carbocycles. The molecular weight excluding hydrogens is 420 g/mol. The number of benzene rings is 2. The summed E-state index contributed by atoms with van der Waals surface area (Å²) in [6.07, 6.45) is 2.83. The predicted molar refractivity (Wildman–Crippen MR) is 115 cm³/mol. The van der Waals surface area contributed by atoms with Crippen molar-refractivity contribution in [1.29, 1.82) is 0 Å². The minimum Gasteiger partial charge on any atom is -0.497 e. The van der Waals surface area contributed by atoms with Gasteiger partial charge in [-0.3, -0.25) is 4.79 Å². The molecule has 3 rings (SSSR count). The van der Waals surface area contributed by atoms with Crippen LogP contribution in [0.15, 0.2) is 65.6 Å². The Kier molecular flexibility index (Phi) is 7.43. The SMILES string of the molecule is COc1ccc(/C=C/C(=O)OCC(=O)N2CCN(S(=O)(=O)c3ccccc3)CC2)cc1. The molecule has 0 N–H and O–H groups in total. The maximum Gasteiger partial charge on any atom is 0.331 e. The fourth-order valence-electron chi connectivity index (χ4n) is 3.07. The van der Waals surface area contributed by atoms with E-state index in [1.165, 1.54) is 15.3 Å². The van der Waals surface area contributed by atoms with Crippen molar-refractivity contribution < 1.29 is 27.5 Å². The van der Waals surface area contributed by atoms with Crippen molar-refractivity contribution >= 4 is 28.0 Å². The van der Waals surface area contributed by atoms with Crippen LogP contribution in [-0.2, 0) is 24.3 Å². The maximum atomic E-state index is 12.6. The maximum absolute atomic E-state index is 12.6. The zero-order valence-electron chi connectivity index (χ0n) is 17.1. The van der Waals surface area contributed by atoms with Crippen molar-refractivity contribution in [2.45, 2.75) is 4.90 Å². The molecule has 1 saturated heterocycles. The molecular formula is C22H24N2O6S. The van der Waals surface area contributed by atoms with Crippen LogP contribution >= 0.6 is 0 Å². The Morgan fingerprint density at radius 2 is 1.61 bits per heavy atom. The molecule has 1 aliphatic heterocycles. The molecule has 0 unspecified atom stereocenters. The highest BCUT2D eigenvalue weighted by Crippen LogP contribution is 2.17. The van der Waals surface area contributed by atoms with Gasteiger partial charge in [-0.1, -0.05) is 30.3 Å². The average Bonchev–Trinajstić information content (AvgIpc) is 2.82. The van der Waals surface area contributed by atoms with Gasteiger partial charge in [0.2, 0.25) is 10.0 Å². The number of methoxy groups -OCH3 is 1. The fourth-order valence-corrected chi connectivity index (χ4v) is 4.51. The monoisotopic (exact) mass is 444 g/mol. The van der Waals surface area contributed by atoms with E-state index in [0.717, 1.165) is 5.56 Å². The van der Waals surface area contributed by atoms with Gasteiger partial charge in [0.25, 0.3) is 5.91 Å². The van der Waals surface area contributed by atoms with E-state index in [-0.39, 0.29) is 37.0 Å². The molecule has 0 atom stereocenters. The van der Waals surface area contributed by atoms with Crippen LogP contribution in [0.2, 0.25) is 0 Å². The van der Waals surface area contributed by atoms with Crippen LogP contribution in [0, 0.1) is 0 Å². The molecule has 1 amide bonds. The molecule has 0 radical (unpaired) electrons. The van der Waals surface area contributed by atoms with Crippen molar-refractivity contribution in [3.8, 4) is 5.75 Å². The van der Waals surface area contributed by atoms with Gasteiger partial charge in [0.05, 0.1) is 12.0 Å². The first-order chi connectivity index (χ1) is 14.9. The Morgan fingerprint density at radius 1 is 0.968 bits per heavy atom. The lowest BCUT2D eigenvalue weighted by atomic mass is 10.2. The number of carbonyl (C=O) groups is 2. The van der Waals surface area contributed by atoms with Crippen molar-refractivity contribution in [3.63, 3.8) is 0 Å². The summed E-state index contributed by atoms with van der Waals surface area (Å²) in [4.78, 5) is 25.9. The number of amides is 1. The summed E-state index contributed by atoms with van der Waals surface area (Å²) in [6, 6.07) is 15.3. The summed E-state index contributed by atoms with van der Waals surface area (Å²) < 4.78 is 36.7. The molecule has 8 nitrogen and oxygen atoms in total. The molecule has 9 heteroatoms. The van der Waals surface area contributed by atoms with Gasteiger partial charge in [0.15, 0.2) is 6.61 Å². The van der Waals surface area contributed by atoms with Gasteiger partial charge < -0.3 is 14.4 Å². The van der Waals surface area contributed by atoms with Crippen LogP contribution in [0.1, 0.15) is 5.56 Å². The molecule has 0 bridgehead atoms. The number of sulfonamides is 1. The molecule has 2 aromatic rings. The molecule has 1 heterocycles. The van der Waals surface area contributed by atoms with Crippen LogP contribution in [0.5, 0.6) is 5.75 Å². The highest BCUT2D eigenvalue weighted by atomic mass is 32.2. The minimum atomic E-state index is -3.58. The third-order valence-corrected chi connectivity index (χ3v) is 6.75. The van der Waals surface area contributed by atoms with E-state index in [2.05, 4.69) is 0 Å². The van der Waals surface area contributed by atoms with Crippen LogP contribution < -0.4 is 4.74 Å². The van der Waals surface area contributed by atoms with E-state index >= 15 is 0 Å². The summed E-state index contributed by atoms with van der Waals surface area (Å²) >= 11 is 0. The lowest BCUT2D eigenvalue weighted by molar-refractivity contribution is -0.148. The van der Waals surface area contributed by atoms with Gasteiger partial charge in [0.1, 0.15) is 5.75 Å². The Labute approximate surface area is 181 Å². The quantitative estimate of drug-likeness (QED) is 0.478. The van der Waals surface area contributed by atoms with Gasteiger partial charge in [-0.2, -0.15) is 4.31 Å². The van der Waals surface area contributed by atoms with Crippen LogP contribution in [0.4, 0.5) is 0 Å². The van der Waals surface area contributed by atoms with Gasteiger partial charge >= 0.3 is 5.97 Å². The van der Waals surface area contributed by atoms with Gasteiger partial charge in [0, 0.05) is 32.3 Å². The molecule has 1 fully saturated rings. The standard InChI is InChI=1S/C22H24N2O6S/c1-29-19-10-7-18(8-11-19)9-12-22(26)30-17-21(25)23-13-15-24(16-14-23)31(27,28)20-5-3-2-4-6-20/h2-12H,13-17H2,1H3/b12-9+. The second-order valence-electron chi connectivity index (χ2n) is 6.81. The number of piperazine rings is 1. The number of ether oxygens (including phenoxy) is 2. The Morgan fingerprint density at radius 3 is 2.23 bits per heavy atom. The van der Waals surface area contributed by atoms with Crippen molar-refractivity contribution in [2.24, 2.45) is 0 Å². The summed E-state index contributed by atoms with van der Waals surface area (Å²) in [7, 11) is -2.01. The van der Waals surface area contributed by atoms with E-state index < -0.39 is 22.6 Å². The number of rotatable bonds is 7. The molecule has 164 valence electrons. The molecule has 2 aromatic carbocycles. The summed E-state index contributed by atoms with van der Waals surface area (Å²) in [6.45, 7) is 0.466. The van der Waals surface area contributed by atoms with E-state index in [1.807, 2.05) is 0 Å². The topological polar surface area (TPSA) is 93.2 Å². The molecule has 1 aliphatic rings. The van der Waals surface area contributed by atoms with E-state index in [9.17, 15) is 18.0 Å². The lowest BCUT2D eigenvalue weighted by Crippen LogP contribution is -2.51. The molecule has 0 aromatic heterocycles. The average molecular weight is 445 g/mol. The number of nitrogens with zero attached hydrogens (tertiary/aromatic N) is 2. The summed E-state index contributed by atoms with van der Waals surface area (Å²) in [5.74, 6) is -0.278. The first kappa shape index (κ1) is 22.5. The smallest absolute Gasteiger partial charge is 0.331 e. The third-order valence-electron chi connectivity index (χ3n) is 4.84. The van der Waals surface area contributed by atoms with E-state index in [0.29, 0.717) is 5.75 Å². The van der Waals surface area contributed by atoms with Crippen LogP contribution in [-0.4, -0.2) is 69.4 Å². The second-order valence-corrected chi connectivity index (χ2v) is 8.75. The van der Waals surface area contributed by atoms with Crippen molar-refractivity contribution in [2.75, 3.05) is 39.9 Å². The van der Waals surface area contributed by atoms with E-state index in [4.69, 9.17) is 9.47 Å². The van der Waals surface area contributed by atoms with E-state index in [1.54, 1.807) is 67.8 Å². The molecule has 0 spiro atoms. The zero-order valence-corrected chi connectivity index (χ0v) is 18.0. The van der Waals surface area contributed by atoms with Gasteiger partial charge in [-0.05, 0) is 35.9 Å². The van der Waals surface area contributed by atoms with Crippen LogP contribution in [0.25, 0.3) is 6.08 Å². The van der Waals surface area contributed by atoms with Crippen molar-refractivity contribution in [3.05, 3.63) is 66.2 Å². The largest absolute Gasteiger partial charge is 0.497 e. The zero-order chi connectivity index (χ0) is 22.3. The van der Waals surface area contributed by atoms with Gasteiger partial charge in [-0.25, -0.2) is 13.2 Å². The summed E-state index contributed by atoms with van der Waals surface area (Å²) in [5, 5.41) is 0. The predicted octanol–water partition coefficient (Wildman–Crippen LogP) is 1.78. The number of hydrogen-bond donors (Lipinski definition) is 0. The second kappa shape index (κ2) is 10.2. The molecule has 0 saturated carbocycles. The van der Waals surface area contributed by atoms with Gasteiger partial charge in [-0.15, -0.1) is 0 Å². The first-order valence-electron chi connectivity index (χ1n) is 9.72. The Bertz CT molecular complexity index is 1030. The summed E-state index contributed by atoms with van der Waals surface area (Å²) in [5.41, 5.74) is 0.792. The molecule has 31 heavy (non-hydrogen) atoms. The normalized spacial score (nSPS) is 15.1. The fraction of sp³-hybridized carbons (Fsp3) is 0.273. The van der Waals surface area contributed by atoms with Crippen molar-refractivity contribution in [1.82, 2.24) is 9.21 Å². The highest BCUT2D eigenvalue weighted by Gasteiger charge is 2.30. The number of hydrogen-bond acceptors (Lipinski definition) is 6. The number of esters is 1. The third kappa shape index (κ3) is 5.93. The minimum absolute atomic E-state index is 0.189. The number of carbonyl (C=O) groups excluding carboxylic acids is 2.